The van der Waals surface area contributed by atoms with Crippen molar-refractivity contribution in [1.29, 1.82) is 0 Å². The average molecular weight is 387 g/mol. The van der Waals surface area contributed by atoms with E-state index < -0.39 is 11.7 Å². The Labute approximate surface area is 138 Å². The number of hydrogen-bond acceptors (Lipinski definition) is 2. The molecule has 0 fully saturated rings. The lowest BCUT2D eigenvalue weighted by Crippen LogP contribution is -2.15. The predicted octanol–water partition coefficient (Wildman–Crippen LogP) is 3.97. The van der Waals surface area contributed by atoms with E-state index in [9.17, 15) is 13.2 Å². The molecule has 2 aromatic heterocycles. The van der Waals surface area contributed by atoms with Crippen LogP contribution < -0.4 is 5.32 Å². The number of halogens is 4. The van der Waals surface area contributed by atoms with Gasteiger partial charge in [-0.2, -0.15) is 18.3 Å². The van der Waals surface area contributed by atoms with Gasteiger partial charge in [-0.05, 0) is 33.6 Å². The molecule has 0 radical (unpaired) electrons. The molecule has 0 atom stereocenters. The molecule has 122 valence electrons. The number of nitrogens with one attached hydrogen (secondary N) is 2. The van der Waals surface area contributed by atoms with Crippen molar-refractivity contribution in [2.45, 2.75) is 19.3 Å². The molecule has 0 amide bonds. The summed E-state index contributed by atoms with van der Waals surface area (Å²) in [5.74, 6) is 0. The molecule has 3 rings (SSSR count). The van der Waals surface area contributed by atoms with Crippen molar-refractivity contribution in [2.24, 2.45) is 7.05 Å². The van der Waals surface area contributed by atoms with E-state index in [0.29, 0.717) is 18.6 Å². The van der Waals surface area contributed by atoms with Gasteiger partial charge >= 0.3 is 6.18 Å². The second-order valence-electron chi connectivity index (χ2n) is 5.24. The highest BCUT2D eigenvalue weighted by atomic mass is 79.9. The SMILES string of the molecule is Cn1ncc(Br)c1CNCc1c[nH]c2cc(C(F)(F)F)ccc12. The molecule has 3 aromatic rings. The summed E-state index contributed by atoms with van der Waals surface area (Å²) >= 11 is 3.43. The standard InChI is InChI=1S/C15H14BrF3N4/c1-23-14(12(16)7-22-23)8-20-5-9-6-21-13-4-10(15(17,18)19)2-3-11(9)13/h2-4,6-7,20-21H,5,8H2,1H3. The summed E-state index contributed by atoms with van der Waals surface area (Å²) in [7, 11) is 1.85. The van der Waals surface area contributed by atoms with Crippen LogP contribution in [0.15, 0.2) is 35.1 Å². The molecule has 4 nitrogen and oxygen atoms in total. The molecule has 0 spiro atoms. The number of aromatic nitrogens is 3. The molecular formula is C15H14BrF3N4. The quantitative estimate of drug-likeness (QED) is 0.712. The van der Waals surface area contributed by atoms with Crippen molar-refractivity contribution in [3.63, 3.8) is 0 Å². The summed E-state index contributed by atoms with van der Waals surface area (Å²) < 4.78 is 40.8. The summed E-state index contributed by atoms with van der Waals surface area (Å²) in [6.45, 7) is 1.15. The molecule has 0 saturated heterocycles. The summed E-state index contributed by atoms with van der Waals surface area (Å²) in [5, 5.41) is 8.19. The molecule has 0 aliphatic heterocycles. The third-order valence-corrected chi connectivity index (χ3v) is 4.38. The highest BCUT2D eigenvalue weighted by molar-refractivity contribution is 9.10. The zero-order chi connectivity index (χ0) is 16.6. The van der Waals surface area contributed by atoms with Gasteiger partial charge in [-0.1, -0.05) is 6.07 Å². The topological polar surface area (TPSA) is 45.6 Å². The van der Waals surface area contributed by atoms with Crippen LogP contribution in [0, 0.1) is 0 Å². The van der Waals surface area contributed by atoms with Gasteiger partial charge in [-0.3, -0.25) is 4.68 Å². The maximum absolute atomic E-state index is 12.7. The van der Waals surface area contributed by atoms with E-state index in [4.69, 9.17) is 0 Å². The Bertz CT molecular complexity index is 815. The normalized spacial score (nSPS) is 12.2. The fraction of sp³-hybridized carbons (Fsp3) is 0.267. The van der Waals surface area contributed by atoms with E-state index in [2.05, 4.69) is 31.3 Å². The first kappa shape index (κ1) is 16.1. The maximum atomic E-state index is 12.7. The number of H-pyrrole nitrogens is 1. The number of rotatable bonds is 4. The van der Waals surface area contributed by atoms with Crippen molar-refractivity contribution in [3.8, 4) is 0 Å². The molecule has 0 aliphatic rings. The van der Waals surface area contributed by atoms with Crippen LogP contribution in [0.1, 0.15) is 16.8 Å². The Hall–Kier alpha value is -1.80. The van der Waals surface area contributed by atoms with Crippen molar-refractivity contribution in [1.82, 2.24) is 20.1 Å². The number of fused-ring (bicyclic) bond motifs is 1. The van der Waals surface area contributed by atoms with Gasteiger partial charge in [-0.25, -0.2) is 0 Å². The monoisotopic (exact) mass is 386 g/mol. The first-order valence-corrected chi connectivity index (χ1v) is 7.70. The van der Waals surface area contributed by atoms with E-state index >= 15 is 0 Å². The molecule has 0 bridgehead atoms. The third kappa shape index (κ3) is 3.28. The van der Waals surface area contributed by atoms with Gasteiger partial charge in [-0.15, -0.1) is 0 Å². The smallest absolute Gasteiger partial charge is 0.361 e. The molecule has 1 aromatic carbocycles. The van der Waals surface area contributed by atoms with Crippen LogP contribution in [0.5, 0.6) is 0 Å². The number of hydrogen-bond donors (Lipinski definition) is 2. The lowest BCUT2D eigenvalue weighted by atomic mass is 10.1. The Morgan fingerprint density at radius 2 is 2.09 bits per heavy atom. The van der Waals surface area contributed by atoms with Crippen LogP contribution in [-0.2, 0) is 26.3 Å². The van der Waals surface area contributed by atoms with E-state index in [1.165, 1.54) is 6.07 Å². The Morgan fingerprint density at radius 1 is 1.30 bits per heavy atom. The molecule has 8 heteroatoms. The van der Waals surface area contributed by atoms with E-state index in [1.807, 2.05) is 7.05 Å². The zero-order valence-corrected chi connectivity index (χ0v) is 13.8. The lowest BCUT2D eigenvalue weighted by Gasteiger charge is -2.07. The summed E-state index contributed by atoms with van der Waals surface area (Å²) in [6.07, 6.45) is -0.874. The van der Waals surface area contributed by atoms with E-state index in [0.717, 1.165) is 33.2 Å². The van der Waals surface area contributed by atoms with E-state index in [-0.39, 0.29) is 0 Å². The van der Waals surface area contributed by atoms with Gasteiger partial charge in [0.25, 0.3) is 0 Å². The molecular weight excluding hydrogens is 373 g/mol. The predicted molar refractivity (Wildman–Crippen MR) is 84.8 cm³/mol. The van der Waals surface area contributed by atoms with Crippen LogP contribution in [0.3, 0.4) is 0 Å². The fourth-order valence-electron chi connectivity index (χ4n) is 2.46. The Balaban J connectivity index is 1.74. The summed E-state index contributed by atoms with van der Waals surface area (Å²) in [5.41, 5.74) is 1.76. The van der Waals surface area contributed by atoms with Crippen LogP contribution in [0.25, 0.3) is 10.9 Å². The number of aryl methyl sites for hydroxylation is 1. The van der Waals surface area contributed by atoms with Crippen LogP contribution in [0.4, 0.5) is 13.2 Å². The molecule has 0 unspecified atom stereocenters. The molecule has 2 heterocycles. The van der Waals surface area contributed by atoms with Crippen LogP contribution in [-0.4, -0.2) is 14.8 Å². The van der Waals surface area contributed by atoms with Gasteiger partial charge in [0.2, 0.25) is 0 Å². The highest BCUT2D eigenvalue weighted by Crippen LogP contribution is 2.32. The lowest BCUT2D eigenvalue weighted by molar-refractivity contribution is -0.137. The molecule has 23 heavy (non-hydrogen) atoms. The van der Waals surface area contributed by atoms with Crippen molar-refractivity contribution in [2.75, 3.05) is 0 Å². The highest BCUT2D eigenvalue weighted by Gasteiger charge is 2.30. The maximum Gasteiger partial charge on any atom is 0.416 e. The molecule has 0 aliphatic carbocycles. The molecule has 2 N–H and O–H groups in total. The second kappa shape index (κ2) is 6.01. The van der Waals surface area contributed by atoms with Crippen molar-refractivity contribution < 1.29 is 13.2 Å². The van der Waals surface area contributed by atoms with E-state index in [1.54, 1.807) is 17.1 Å². The van der Waals surface area contributed by atoms with Gasteiger partial charge in [0.15, 0.2) is 0 Å². The van der Waals surface area contributed by atoms with Crippen molar-refractivity contribution >= 4 is 26.8 Å². The minimum atomic E-state index is -4.33. The number of aromatic amines is 1. The van der Waals surface area contributed by atoms with Crippen molar-refractivity contribution in [3.05, 3.63) is 51.9 Å². The first-order chi connectivity index (χ1) is 10.9. The van der Waals surface area contributed by atoms with Crippen LogP contribution >= 0.6 is 15.9 Å². The van der Waals surface area contributed by atoms with Gasteiger partial charge in [0.1, 0.15) is 0 Å². The minimum Gasteiger partial charge on any atom is -0.361 e. The average Bonchev–Trinajstić information content (AvgIpc) is 3.03. The van der Waals surface area contributed by atoms with Gasteiger partial charge in [0.05, 0.1) is 21.9 Å². The van der Waals surface area contributed by atoms with Crippen LogP contribution in [0.2, 0.25) is 0 Å². The van der Waals surface area contributed by atoms with Gasteiger partial charge in [0, 0.05) is 37.2 Å². The third-order valence-electron chi connectivity index (χ3n) is 3.71. The van der Waals surface area contributed by atoms with Gasteiger partial charge < -0.3 is 10.3 Å². The second-order valence-corrected chi connectivity index (χ2v) is 6.09. The Kier molecular flexibility index (Phi) is 4.20. The summed E-state index contributed by atoms with van der Waals surface area (Å²) in [6, 6.07) is 3.75. The largest absolute Gasteiger partial charge is 0.416 e. The zero-order valence-electron chi connectivity index (χ0n) is 12.2. The number of benzene rings is 1. The molecule has 0 saturated carbocycles. The number of alkyl halides is 3. The first-order valence-electron chi connectivity index (χ1n) is 6.90. The fourth-order valence-corrected chi connectivity index (χ4v) is 2.95. The number of nitrogens with zero attached hydrogens (tertiary/aromatic N) is 2. The Morgan fingerprint density at radius 3 is 2.74 bits per heavy atom. The minimum absolute atomic E-state index is 0.485. The summed E-state index contributed by atoms with van der Waals surface area (Å²) in [4.78, 5) is 2.90.